The van der Waals surface area contributed by atoms with Crippen LogP contribution in [0.15, 0.2) is 0 Å². The molecule has 0 aromatic carbocycles. The number of rotatable bonds is 0. The standard InChI is InChI=1S/C6H11.Fe/c1-2-4-6-5-3-1;/h1H,2-6H2;/q-1;. The van der Waals surface area contributed by atoms with E-state index in [2.05, 4.69) is 6.42 Å². The van der Waals surface area contributed by atoms with Crippen molar-refractivity contribution in [3.63, 3.8) is 0 Å². The zero-order chi connectivity index (χ0) is 4.24. The smallest absolute Gasteiger partial charge is 0 e. The van der Waals surface area contributed by atoms with Gasteiger partial charge in [0.2, 0.25) is 0 Å². The maximum Gasteiger partial charge on any atom is 0 e. The topological polar surface area (TPSA) is 0 Å². The fourth-order valence-electron chi connectivity index (χ4n) is 0.898. The summed E-state index contributed by atoms with van der Waals surface area (Å²) in [6.07, 6.45) is 9.50. The molecule has 0 bridgehead atoms. The Morgan fingerprint density at radius 1 is 0.857 bits per heavy atom. The molecule has 0 saturated heterocycles. The van der Waals surface area contributed by atoms with Crippen LogP contribution in [0.2, 0.25) is 0 Å². The van der Waals surface area contributed by atoms with Gasteiger partial charge in [-0.05, 0) is 0 Å². The Kier molecular flexibility index (Phi) is 5.02. The van der Waals surface area contributed by atoms with E-state index in [9.17, 15) is 0 Å². The third-order valence-corrected chi connectivity index (χ3v) is 1.32. The molecule has 0 unspecified atom stereocenters. The summed E-state index contributed by atoms with van der Waals surface area (Å²) in [5, 5.41) is 0. The SMILES string of the molecule is [CH-]1CCCCC1.[Fe]. The Balaban J connectivity index is 0.000000360. The summed E-state index contributed by atoms with van der Waals surface area (Å²) in [4.78, 5) is 0. The van der Waals surface area contributed by atoms with Gasteiger partial charge in [0.1, 0.15) is 0 Å². The van der Waals surface area contributed by atoms with Crippen LogP contribution in [-0.2, 0) is 17.1 Å². The summed E-state index contributed by atoms with van der Waals surface area (Å²) >= 11 is 0. The molecular weight excluding hydrogens is 128 g/mol. The van der Waals surface area contributed by atoms with E-state index in [4.69, 9.17) is 0 Å². The van der Waals surface area contributed by atoms with Crippen molar-refractivity contribution in [1.82, 2.24) is 0 Å². The molecule has 7 heavy (non-hydrogen) atoms. The first kappa shape index (κ1) is 7.52. The van der Waals surface area contributed by atoms with Crippen molar-refractivity contribution >= 4 is 0 Å². The van der Waals surface area contributed by atoms with Crippen molar-refractivity contribution in [2.75, 3.05) is 0 Å². The molecule has 1 aliphatic carbocycles. The van der Waals surface area contributed by atoms with Crippen LogP contribution in [0.5, 0.6) is 0 Å². The van der Waals surface area contributed by atoms with E-state index in [0.717, 1.165) is 0 Å². The first-order valence-electron chi connectivity index (χ1n) is 2.82. The number of hydrogen-bond donors (Lipinski definition) is 0. The Morgan fingerprint density at radius 3 is 1.57 bits per heavy atom. The van der Waals surface area contributed by atoms with Crippen molar-refractivity contribution in [2.24, 2.45) is 0 Å². The van der Waals surface area contributed by atoms with Crippen molar-refractivity contribution in [2.45, 2.75) is 32.1 Å². The summed E-state index contributed by atoms with van der Waals surface area (Å²) < 4.78 is 0. The van der Waals surface area contributed by atoms with Gasteiger partial charge in [-0.1, -0.05) is 19.3 Å². The number of hydrogen-bond acceptors (Lipinski definition) is 0. The molecule has 0 aliphatic heterocycles. The van der Waals surface area contributed by atoms with Gasteiger partial charge in [0.15, 0.2) is 0 Å². The molecule has 44 valence electrons. The van der Waals surface area contributed by atoms with Gasteiger partial charge in [0.05, 0.1) is 0 Å². The second-order valence-electron chi connectivity index (χ2n) is 1.93. The third kappa shape index (κ3) is 3.13. The van der Waals surface area contributed by atoms with Crippen LogP contribution >= 0.6 is 0 Å². The maximum absolute atomic E-state index is 2.39. The second kappa shape index (κ2) is 4.67. The average Bonchev–Trinajstić information content (AvgIpc) is 1.72. The van der Waals surface area contributed by atoms with E-state index in [1.54, 1.807) is 0 Å². The normalized spacial score (nSPS) is 20.6. The summed E-state index contributed by atoms with van der Waals surface area (Å²) in [6.45, 7) is 0. The van der Waals surface area contributed by atoms with Crippen LogP contribution in [-0.4, -0.2) is 0 Å². The molecule has 1 saturated carbocycles. The average molecular weight is 139 g/mol. The molecule has 0 aromatic heterocycles. The zero-order valence-electron chi connectivity index (χ0n) is 4.47. The molecule has 0 atom stereocenters. The minimum Gasteiger partial charge on any atom is -0.328 e. The van der Waals surface area contributed by atoms with Crippen molar-refractivity contribution in [3.05, 3.63) is 6.42 Å². The minimum atomic E-state index is 0. The van der Waals surface area contributed by atoms with E-state index in [0.29, 0.717) is 0 Å². The van der Waals surface area contributed by atoms with Gasteiger partial charge in [-0.3, -0.25) is 0 Å². The van der Waals surface area contributed by atoms with E-state index in [-0.39, 0.29) is 17.1 Å². The molecule has 1 heteroatoms. The molecule has 0 heterocycles. The van der Waals surface area contributed by atoms with Crippen LogP contribution in [0.4, 0.5) is 0 Å². The predicted octanol–water partition coefficient (Wildman–Crippen LogP) is 2.15. The molecular formula is C6H11Fe-. The van der Waals surface area contributed by atoms with E-state index in [1.165, 1.54) is 32.1 Å². The van der Waals surface area contributed by atoms with E-state index in [1.807, 2.05) is 0 Å². The van der Waals surface area contributed by atoms with E-state index >= 15 is 0 Å². The molecule has 1 rings (SSSR count). The first-order valence-corrected chi connectivity index (χ1v) is 2.82. The molecule has 0 N–H and O–H groups in total. The van der Waals surface area contributed by atoms with Gasteiger partial charge in [0, 0.05) is 17.1 Å². The second-order valence-corrected chi connectivity index (χ2v) is 1.93. The van der Waals surface area contributed by atoms with Gasteiger partial charge in [-0.25, -0.2) is 0 Å². The first-order chi connectivity index (χ1) is 3.00. The maximum atomic E-state index is 2.39. The van der Waals surface area contributed by atoms with Crippen LogP contribution in [0.25, 0.3) is 0 Å². The van der Waals surface area contributed by atoms with Gasteiger partial charge in [-0.2, -0.15) is 12.8 Å². The summed E-state index contributed by atoms with van der Waals surface area (Å²) in [5.41, 5.74) is 0. The van der Waals surface area contributed by atoms with Crippen molar-refractivity contribution in [3.8, 4) is 0 Å². The van der Waals surface area contributed by atoms with Crippen LogP contribution in [0.1, 0.15) is 32.1 Å². The Bertz CT molecular complexity index is 19.7. The third-order valence-electron chi connectivity index (χ3n) is 1.32. The predicted molar refractivity (Wildman–Crippen MR) is 27.4 cm³/mol. The summed E-state index contributed by atoms with van der Waals surface area (Å²) in [7, 11) is 0. The molecule has 1 aliphatic rings. The quantitative estimate of drug-likeness (QED) is 0.356. The Hall–Kier alpha value is 0.519. The van der Waals surface area contributed by atoms with Crippen LogP contribution in [0.3, 0.4) is 0 Å². The summed E-state index contributed by atoms with van der Waals surface area (Å²) in [6, 6.07) is 0. The molecule has 0 aromatic rings. The van der Waals surface area contributed by atoms with Crippen LogP contribution < -0.4 is 0 Å². The van der Waals surface area contributed by atoms with Gasteiger partial charge in [0.25, 0.3) is 0 Å². The molecule has 0 nitrogen and oxygen atoms in total. The monoisotopic (exact) mass is 139 g/mol. The van der Waals surface area contributed by atoms with Gasteiger partial charge >= 0.3 is 0 Å². The fraction of sp³-hybridized carbons (Fsp3) is 0.833. The zero-order valence-corrected chi connectivity index (χ0v) is 5.57. The molecule has 0 spiro atoms. The Labute approximate surface area is 56.2 Å². The van der Waals surface area contributed by atoms with Crippen molar-refractivity contribution in [1.29, 1.82) is 0 Å². The van der Waals surface area contributed by atoms with Gasteiger partial charge in [-0.15, -0.1) is 0 Å². The minimum absolute atomic E-state index is 0. The van der Waals surface area contributed by atoms with Crippen molar-refractivity contribution < 1.29 is 17.1 Å². The molecule has 1 fully saturated rings. The molecule has 0 radical (unpaired) electrons. The van der Waals surface area contributed by atoms with Gasteiger partial charge < -0.3 is 6.42 Å². The Morgan fingerprint density at radius 2 is 1.43 bits per heavy atom. The largest absolute Gasteiger partial charge is 0.328 e. The summed E-state index contributed by atoms with van der Waals surface area (Å²) in [5.74, 6) is 0. The fourth-order valence-corrected chi connectivity index (χ4v) is 0.898. The van der Waals surface area contributed by atoms with Crippen LogP contribution in [0, 0.1) is 6.42 Å². The molecule has 0 amide bonds. The van der Waals surface area contributed by atoms with E-state index < -0.39 is 0 Å².